The Balaban J connectivity index is 4.23. The van der Waals surface area contributed by atoms with Gasteiger partial charge in [-0.3, -0.25) is 14.4 Å². The van der Waals surface area contributed by atoms with E-state index in [1.165, 1.54) is 173 Å². The number of carbonyl (C=O) groups is 3. The summed E-state index contributed by atoms with van der Waals surface area (Å²) >= 11 is 0. The summed E-state index contributed by atoms with van der Waals surface area (Å²) in [6, 6.07) is 0. The Kier molecular flexibility index (Phi) is 43.7. The third kappa shape index (κ3) is 44.0. The molecule has 0 aromatic heterocycles. The van der Waals surface area contributed by atoms with Gasteiger partial charge in [-0.05, 0) is 31.1 Å². The van der Waals surface area contributed by atoms with Gasteiger partial charge in [-0.1, -0.05) is 247 Å². The van der Waals surface area contributed by atoms with Crippen LogP contribution in [-0.2, 0) is 28.6 Å². The molecule has 0 amide bonds. The van der Waals surface area contributed by atoms with Crippen molar-refractivity contribution in [2.75, 3.05) is 13.2 Å². The minimum absolute atomic E-state index is 0.0639. The molecule has 0 aliphatic carbocycles. The highest BCUT2D eigenvalue weighted by Crippen LogP contribution is 2.18. The van der Waals surface area contributed by atoms with Gasteiger partial charge in [-0.25, -0.2) is 0 Å². The Morgan fingerprint density at radius 2 is 0.655 bits per heavy atom. The lowest BCUT2D eigenvalue weighted by Gasteiger charge is -2.18. The maximum Gasteiger partial charge on any atom is 0.306 e. The summed E-state index contributed by atoms with van der Waals surface area (Å²) in [6.07, 6.45) is 45.1. The molecule has 2 atom stereocenters. The van der Waals surface area contributed by atoms with Crippen LogP contribution < -0.4 is 0 Å². The molecule has 0 rings (SSSR count). The van der Waals surface area contributed by atoms with Crippen LogP contribution in [0.4, 0.5) is 0 Å². The molecule has 0 aliphatic rings. The van der Waals surface area contributed by atoms with E-state index in [4.69, 9.17) is 14.2 Å². The predicted molar refractivity (Wildman–Crippen MR) is 247 cm³/mol. The second-order valence-corrected chi connectivity index (χ2v) is 18.5. The van der Waals surface area contributed by atoms with Crippen molar-refractivity contribution in [1.82, 2.24) is 0 Å². The fraction of sp³-hybridized carbons (Fsp3) is 0.942. The van der Waals surface area contributed by atoms with Crippen molar-refractivity contribution in [3.63, 3.8) is 0 Å². The molecule has 1 unspecified atom stereocenters. The van der Waals surface area contributed by atoms with E-state index in [2.05, 4.69) is 34.6 Å². The van der Waals surface area contributed by atoms with Crippen molar-refractivity contribution in [1.29, 1.82) is 0 Å². The second-order valence-electron chi connectivity index (χ2n) is 18.5. The third-order valence-electron chi connectivity index (χ3n) is 12.1. The Morgan fingerprint density at radius 1 is 0.362 bits per heavy atom. The SMILES string of the molecule is CCCCCCCCCCCC(=O)O[C@@H](COC(=O)CCCCCCCCCCCCCCCCC(C)CC)COC(=O)CCCCCCCCCCCCC(C)C. The van der Waals surface area contributed by atoms with E-state index in [1.54, 1.807) is 0 Å². The van der Waals surface area contributed by atoms with Gasteiger partial charge in [0.1, 0.15) is 13.2 Å². The summed E-state index contributed by atoms with van der Waals surface area (Å²) in [6.45, 7) is 11.4. The Bertz CT molecular complexity index is 887. The topological polar surface area (TPSA) is 78.9 Å². The summed E-state index contributed by atoms with van der Waals surface area (Å²) in [4.78, 5) is 37.8. The predicted octanol–water partition coefficient (Wildman–Crippen LogP) is 16.5. The number of hydrogen-bond acceptors (Lipinski definition) is 6. The van der Waals surface area contributed by atoms with Crippen LogP contribution in [0.3, 0.4) is 0 Å². The smallest absolute Gasteiger partial charge is 0.306 e. The monoisotopic (exact) mass is 821 g/mol. The van der Waals surface area contributed by atoms with E-state index >= 15 is 0 Å². The summed E-state index contributed by atoms with van der Waals surface area (Å²) in [5.41, 5.74) is 0. The standard InChI is InChI=1S/C52H100O6/c1-6-8-9-10-11-20-29-34-39-44-52(55)58-49(46-57-51(54)43-38-33-28-24-19-18-21-25-30-35-40-47(3)4)45-56-50(53)42-37-32-27-23-17-15-13-12-14-16-22-26-31-36-41-48(5)7-2/h47-49H,6-46H2,1-5H3/t48?,49-/m0/s1. The minimum atomic E-state index is -0.760. The highest BCUT2D eigenvalue weighted by molar-refractivity contribution is 5.71. The van der Waals surface area contributed by atoms with Gasteiger partial charge in [0.2, 0.25) is 0 Å². The zero-order chi connectivity index (χ0) is 42.6. The van der Waals surface area contributed by atoms with Crippen LogP contribution in [0.1, 0.15) is 285 Å². The molecule has 0 heterocycles. The first-order chi connectivity index (χ1) is 28.3. The molecule has 0 saturated carbocycles. The summed E-state index contributed by atoms with van der Waals surface area (Å²) in [5, 5.41) is 0. The maximum absolute atomic E-state index is 12.7. The van der Waals surface area contributed by atoms with Crippen LogP contribution in [0.2, 0.25) is 0 Å². The van der Waals surface area contributed by atoms with Crippen molar-refractivity contribution in [3.05, 3.63) is 0 Å². The quantitative estimate of drug-likeness (QED) is 0.0346. The Hall–Kier alpha value is -1.59. The molecule has 0 aromatic carbocycles. The molecule has 0 radical (unpaired) electrons. The first-order valence-corrected chi connectivity index (χ1v) is 25.8. The van der Waals surface area contributed by atoms with Crippen LogP contribution in [0, 0.1) is 11.8 Å². The molecule has 0 aliphatic heterocycles. The van der Waals surface area contributed by atoms with Gasteiger partial charge in [-0.2, -0.15) is 0 Å². The number of hydrogen-bond donors (Lipinski definition) is 0. The van der Waals surface area contributed by atoms with Gasteiger partial charge >= 0.3 is 17.9 Å². The van der Waals surface area contributed by atoms with E-state index < -0.39 is 6.10 Å². The molecule has 0 saturated heterocycles. The van der Waals surface area contributed by atoms with E-state index in [9.17, 15) is 14.4 Å². The van der Waals surface area contributed by atoms with E-state index in [0.717, 1.165) is 69.6 Å². The van der Waals surface area contributed by atoms with Crippen LogP contribution in [0.5, 0.6) is 0 Å². The van der Waals surface area contributed by atoms with Crippen LogP contribution in [-0.4, -0.2) is 37.2 Å². The molecule has 6 nitrogen and oxygen atoms in total. The maximum atomic E-state index is 12.7. The van der Waals surface area contributed by atoms with Crippen molar-refractivity contribution in [2.24, 2.45) is 11.8 Å². The molecule has 344 valence electrons. The van der Waals surface area contributed by atoms with Crippen LogP contribution >= 0.6 is 0 Å². The lowest BCUT2D eigenvalue weighted by molar-refractivity contribution is -0.167. The van der Waals surface area contributed by atoms with Gasteiger partial charge < -0.3 is 14.2 Å². The summed E-state index contributed by atoms with van der Waals surface area (Å²) < 4.78 is 16.8. The van der Waals surface area contributed by atoms with Gasteiger partial charge in [0.25, 0.3) is 0 Å². The highest BCUT2D eigenvalue weighted by atomic mass is 16.6. The first-order valence-electron chi connectivity index (χ1n) is 25.8. The molecular weight excluding hydrogens is 721 g/mol. The fourth-order valence-electron chi connectivity index (χ4n) is 7.78. The average molecular weight is 821 g/mol. The van der Waals surface area contributed by atoms with Gasteiger partial charge in [0.15, 0.2) is 6.10 Å². The van der Waals surface area contributed by atoms with Gasteiger partial charge in [0, 0.05) is 19.3 Å². The molecule has 0 fully saturated rings. The number of rotatable bonds is 46. The minimum Gasteiger partial charge on any atom is -0.462 e. The normalized spacial score (nSPS) is 12.5. The summed E-state index contributed by atoms with van der Waals surface area (Å²) in [7, 11) is 0. The van der Waals surface area contributed by atoms with E-state index in [0.29, 0.717) is 19.3 Å². The number of carbonyl (C=O) groups excluding carboxylic acids is 3. The Labute approximate surface area is 361 Å². The van der Waals surface area contributed by atoms with E-state index in [-0.39, 0.29) is 31.1 Å². The Morgan fingerprint density at radius 3 is 0.983 bits per heavy atom. The molecule has 0 aromatic rings. The molecule has 0 N–H and O–H groups in total. The van der Waals surface area contributed by atoms with Crippen molar-refractivity contribution in [3.8, 4) is 0 Å². The lowest BCUT2D eigenvalue weighted by Crippen LogP contribution is -2.30. The molecular formula is C52H100O6. The molecule has 6 heteroatoms. The highest BCUT2D eigenvalue weighted by Gasteiger charge is 2.19. The van der Waals surface area contributed by atoms with Gasteiger partial charge in [0.05, 0.1) is 0 Å². The number of ether oxygens (including phenoxy) is 3. The summed E-state index contributed by atoms with van der Waals surface area (Å²) in [5.74, 6) is 0.863. The number of esters is 3. The zero-order valence-electron chi connectivity index (χ0n) is 39.7. The van der Waals surface area contributed by atoms with Crippen molar-refractivity contribution in [2.45, 2.75) is 291 Å². The fourth-order valence-corrected chi connectivity index (χ4v) is 7.78. The largest absolute Gasteiger partial charge is 0.462 e. The first kappa shape index (κ1) is 56.4. The number of unbranched alkanes of at least 4 members (excludes halogenated alkanes) is 30. The molecule has 0 bridgehead atoms. The van der Waals surface area contributed by atoms with Crippen molar-refractivity contribution < 1.29 is 28.6 Å². The average Bonchev–Trinajstić information content (AvgIpc) is 3.21. The molecule has 58 heavy (non-hydrogen) atoms. The van der Waals surface area contributed by atoms with Crippen LogP contribution in [0.15, 0.2) is 0 Å². The van der Waals surface area contributed by atoms with E-state index in [1.807, 2.05) is 0 Å². The van der Waals surface area contributed by atoms with Crippen LogP contribution in [0.25, 0.3) is 0 Å². The zero-order valence-corrected chi connectivity index (χ0v) is 39.7. The lowest BCUT2D eigenvalue weighted by atomic mass is 9.99. The molecule has 0 spiro atoms. The van der Waals surface area contributed by atoms with Crippen molar-refractivity contribution >= 4 is 17.9 Å². The second kappa shape index (κ2) is 44.9. The third-order valence-corrected chi connectivity index (χ3v) is 12.1. The van der Waals surface area contributed by atoms with Gasteiger partial charge in [-0.15, -0.1) is 0 Å².